The summed E-state index contributed by atoms with van der Waals surface area (Å²) in [7, 11) is -2.03. The lowest BCUT2D eigenvalue weighted by Gasteiger charge is -2.15. The molecule has 4 nitrogen and oxygen atoms in total. The van der Waals surface area contributed by atoms with Gasteiger partial charge < -0.3 is 4.74 Å². The summed E-state index contributed by atoms with van der Waals surface area (Å²) < 4.78 is 33.3. The molecule has 3 rings (SSSR count). The highest BCUT2D eigenvalue weighted by atomic mass is 32.2. The van der Waals surface area contributed by atoms with Crippen molar-refractivity contribution in [2.45, 2.75) is 17.9 Å². The van der Waals surface area contributed by atoms with E-state index in [1.807, 2.05) is 73.7 Å². The minimum absolute atomic E-state index is 0.243. The van der Waals surface area contributed by atoms with Crippen LogP contribution in [0.4, 0.5) is 0 Å². The van der Waals surface area contributed by atoms with Crippen LogP contribution in [-0.2, 0) is 10.0 Å². The lowest BCUT2D eigenvalue weighted by molar-refractivity contribution is 0.413. The SMILES string of the molecule is COc1cccc([C@@H](C)NS(=O)(=O)c2ccc(-c3ccccc3)cc2)c1. The van der Waals surface area contributed by atoms with Gasteiger partial charge in [0.1, 0.15) is 5.75 Å². The maximum atomic E-state index is 12.7. The summed E-state index contributed by atoms with van der Waals surface area (Å²) in [6.45, 7) is 1.81. The lowest BCUT2D eigenvalue weighted by atomic mass is 10.1. The molecule has 134 valence electrons. The summed E-state index contributed by atoms with van der Waals surface area (Å²) >= 11 is 0. The molecule has 0 unspecified atom stereocenters. The van der Waals surface area contributed by atoms with Crippen molar-refractivity contribution >= 4 is 10.0 Å². The average molecular weight is 367 g/mol. The zero-order valence-electron chi connectivity index (χ0n) is 14.7. The molecule has 5 heteroatoms. The molecule has 26 heavy (non-hydrogen) atoms. The first-order valence-electron chi connectivity index (χ1n) is 8.31. The highest BCUT2D eigenvalue weighted by Gasteiger charge is 2.18. The number of rotatable bonds is 6. The van der Waals surface area contributed by atoms with Crippen LogP contribution in [0.5, 0.6) is 5.75 Å². The van der Waals surface area contributed by atoms with Gasteiger partial charge in [0.05, 0.1) is 12.0 Å². The fourth-order valence-electron chi connectivity index (χ4n) is 2.74. The van der Waals surface area contributed by atoms with E-state index in [1.54, 1.807) is 19.2 Å². The Morgan fingerprint density at radius 1 is 0.846 bits per heavy atom. The Morgan fingerprint density at radius 3 is 2.15 bits per heavy atom. The normalized spacial score (nSPS) is 12.5. The zero-order chi connectivity index (χ0) is 18.6. The van der Waals surface area contributed by atoms with Gasteiger partial charge in [-0.2, -0.15) is 0 Å². The molecule has 0 aliphatic rings. The largest absolute Gasteiger partial charge is 0.497 e. The van der Waals surface area contributed by atoms with E-state index in [9.17, 15) is 8.42 Å². The Bertz CT molecular complexity index is 968. The van der Waals surface area contributed by atoms with Crippen molar-refractivity contribution in [2.75, 3.05) is 7.11 Å². The van der Waals surface area contributed by atoms with Crippen molar-refractivity contribution in [3.05, 3.63) is 84.4 Å². The van der Waals surface area contributed by atoms with Crippen LogP contribution in [0.25, 0.3) is 11.1 Å². The van der Waals surface area contributed by atoms with E-state index in [0.29, 0.717) is 5.75 Å². The predicted molar refractivity (Wildman–Crippen MR) is 104 cm³/mol. The fraction of sp³-hybridized carbons (Fsp3) is 0.143. The third kappa shape index (κ3) is 4.12. The molecule has 1 atom stereocenters. The fourth-order valence-corrected chi connectivity index (χ4v) is 3.97. The van der Waals surface area contributed by atoms with Gasteiger partial charge in [0.15, 0.2) is 0 Å². The Hall–Kier alpha value is -2.63. The number of benzene rings is 3. The summed E-state index contributed by atoms with van der Waals surface area (Å²) in [4.78, 5) is 0.243. The topological polar surface area (TPSA) is 55.4 Å². The quantitative estimate of drug-likeness (QED) is 0.702. The van der Waals surface area contributed by atoms with Crippen LogP contribution < -0.4 is 9.46 Å². The second kappa shape index (κ2) is 7.72. The third-order valence-corrected chi connectivity index (χ3v) is 5.75. The van der Waals surface area contributed by atoms with Gasteiger partial charge in [-0.25, -0.2) is 13.1 Å². The highest BCUT2D eigenvalue weighted by molar-refractivity contribution is 7.89. The molecule has 0 amide bonds. The van der Waals surface area contributed by atoms with Crippen molar-refractivity contribution in [1.29, 1.82) is 0 Å². The first kappa shape index (κ1) is 18.2. The summed E-state index contributed by atoms with van der Waals surface area (Å²) in [6, 6.07) is 23.7. The van der Waals surface area contributed by atoms with Crippen molar-refractivity contribution in [2.24, 2.45) is 0 Å². The van der Waals surface area contributed by atoms with Crippen LogP contribution >= 0.6 is 0 Å². The Kier molecular flexibility index (Phi) is 5.40. The monoisotopic (exact) mass is 367 g/mol. The Morgan fingerprint density at radius 2 is 1.50 bits per heavy atom. The van der Waals surface area contributed by atoms with E-state index < -0.39 is 10.0 Å². The molecular weight excluding hydrogens is 346 g/mol. The molecule has 0 aliphatic heterocycles. The number of methoxy groups -OCH3 is 1. The molecule has 0 aliphatic carbocycles. The molecule has 0 saturated heterocycles. The first-order valence-corrected chi connectivity index (χ1v) is 9.80. The van der Waals surface area contributed by atoms with Crippen molar-refractivity contribution in [3.63, 3.8) is 0 Å². The number of nitrogens with one attached hydrogen (secondary N) is 1. The highest BCUT2D eigenvalue weighted by Crippen LogP contribution is 2.23. The Balaban J connectivity index is 1.79. The van der Waals surface area contributed by atoms with E-state index in [2.05, 4.69) is 4.72 Å². The summed E-state index contributed by atoms with van der Waals surface area (Å²) in [5.74, 6) is 0.695. The minimum atomic E-state index is -3.62. The van der Waals surface area contributed by atoms with E-state index in [4.69, 9.17) is 4.74 Å². The first-order chi connectivity index (χ1) is 12.5. The molecule has 0 saturated carbocycles. The molecule has 0 aromatic heterocycles. The third-order valence-electron chi connectivity index (χ3n) is 4.20. The van der Waals surface area contributed by atoms with Crippen LogP contribution in [-0.4, -0.2) is 15.5 Å². The predicted octanol–water partition coefficient (Wildman–Crippen LogP) is 4.40. The summed E-state index contributed by atoms with van der Waals surface area (Å²) in [5, 5.41) is 0. The van der Waals surface area contributed by atoms with Gasteiger partial charge in [-0.05, 0) is 47.9 Å². The average Bonchev–Trinajstić information content (AvgIpc) is 2.68. The maximum absolute atomic E-state index is 12.7. The van der Waals surface area contributed by atoms with Crippen LogP contribution in [0.3, 0.4) is 0 Å². The van der Waals surface area contributed by atoms with Crippen molar-refractivity contribution < 1.29 is 13.2 Å². The molecule has 0 fully saturated rings. The van der Waals surface area contributed by atoms with Gasteiger partial charge in [-0.3, -0.25) is 0 Å². The summed E-state index contributed by atoms with van der Waals surface area (Å²) in [5.41, 5.74) is 2.87. The number of hydrogen-bond acceptors (Lipinski definition) is 3. The molecule has 0 radical (unpaired) electrons. The van der Waals surface area contributed by atoms with Crippen molar-refractivity contribution in [1.82, 2.24) is 4.72 Å². The van der Waals surface area contributed by atoms with Crippen LogP contribution in [0.1, 0.15) is 18.5 Å². The number of ether oxygens (including phenoxy) is 1. The Labute approximate surface area is 154 Å². The van der Waals surface area contributed by atoms with E-state index in [1.165, 1.54) is 0 Å². The van der Waals surface area contributed by atoms with Crippen LogP contribution in [0.2, 0.25) is 0 Å². The van der Waals surface area contributed by atoms with E-state index in [-0.39, 0.29) is 10.9 Å². The second-order valence-electron chi connectivity index (χ2n) is 6.01. The molecule has 0 spiro atoms. The van der Waals surface area contributed by atoms with Crippen LogP contribution in [0.15, 0.2) is 83.8 Å². The van der Waals surface area contributed by atoms with Gasteiger partial charge in [-0.15, -0.1) is 0 Å². The van der Waals surface area contributed by atoms with Crippen LogP contribution in [0, 0.1) is 0 Å². The standard InChI is InChI=1S/C21H21NO3S/c1-16(19-9-6-10-20(15-19)25-2)22-26(23,24)21-13-11-18(12-14-21)17-7-4-3-5-8-17/h3-16,22H,1-2H3/t16-/m1/s1. The smallest absolute Gasteiger partial charge is 0.241 e. The second-order valence-corrected chi connectivity index (χ2v) is 7.72. The van der Waals surface area contributed by atoms with Crippen molar-refractivity contribution in [3.8, 4) is 16.9 Å². The summed E-state index contributed by atoms with van der Waals surface area (Å²) in [6.07, 6.45) is 0. The van der Waals surface area contributed by atoms with Gasteiger partial charge in [0.2, 0.25) is 10.0 Å². The van der Waals surface area contributed by atoms with Gasteiger partial charge in [0, 0.05) is 6.04 Å². The maximum Gasteiger partial charge on any atom is 0.241 e. The molecule has 0 bridgehead atoms. The van der Waals surface area contributed by atoms with Gasteiger partial charge in [0.25, 0.3) is 0 Å². The molecule has 3 aromatic rings. The van der Waals surface area contributed by atoms with E-state index in [0.717, 1.165) is 16.7 Å². The number of hydrogen-bond donors (Lipinski definition) is 1. The molecule has 0 heterocycles. The van der Waals surface area contributed by atoms with Gasteiger partial charge in [-0.1, -0.05) is 54.6 Å². The van der Waals surface area contributed by atoms with E-state index >= 15 is 0 Å². The number of sulfonamides is 1. The molecular formula is C21H21NO3S. The molecule has 1 N–H and O–H groups in total. The van der Waals surface area contributed by atoms with Gasteiger partial charge >= 0.3 is 0 Å². The zero-order valence-corrected chi connectivity index (χ0v) is 15.5. The molecule has 3 aromatic carbocycles. The minimum Gasteiger partial charge on any atom is -0.497 e. The lowest BCUT2D eigenvalue weighted by Crippen LogP contribution is -2.26.